The fourth-order valence-electron chi connectivity index (χ4n) is 4.42. The first-order valence-electron chi connectivity index (χ1n) is 10.6. The molecule has 0 aromatic heterocycles. The fraction of sp³-hybridized carbons (Fsp3) is 0.462. The highest BCUT2D eigenvalue weighted by Gasteiger charge is 2.21. The van der Waals surface area contributed by atoms with Crippen LogP contribution in [0.15, 0.2) is 60.7 Å². The van der Waals surface area contributed by atoms with E-state index in [9.17, 15) is 0 Å². The van der Waals surface area contributed by atoms with Gasteiger partial charge in [0.15, 0.2) is 0 Å². The second kappa shape index (κ2) is 9.76. The van der Waals surface area contributed by atoms with Crippen molar-refractivity contribution in [3.05, 3.63) is 71.8 Å². The highest BCUT2D eigenvalue weighted by atomic mass is 14.3. The molecule has 1 fully saturated rings. The molecule has 0 nitrogen and oxygen atoms in total. The summed E-state index contributed by atoms with van der Waals surface area (Å²) in [4.78, 5) is 0. The summed E-state index contributed by atoms with van der Waals surface area (Å²) in [7, 11) is 0. The van der Waals surface area contributed by atoms with Crippen LogP contribution in [-0.4, -0.2) is 0 Å². The first kappa shape index (κ1) is 19.0. The molecule has 0 heterocycles. The van der Waals surface area contributed by atoms with Crippen LogP contribution in [0.3, 0.4) is 0 Å². The minimum Gasteiger partial charge on any atom is -0.0917 e. The lowest BCUT2D eigenvalue weighted by molar-refractivity contribution is 0.308. The third kappa shape index (κ3) is 5.10. The summed E-state index contributed by atoms with van der Waals surface area (Å²) < 4.78 is 0. The van der Waals surface area contributed by atoms with Crippen molar-refractivity contribution in [1.29, 1.82) is 0 Å². The number of rotatable bonds is 7. The van der Waals surface area contributed by atoms with Crippen molar-refractivity contribution in [2.45, 2.75) is 71.1 Å². The number of allylic oxidation sites excluding steroid dienone is 2. The van der Waals surface area contributed by atoms with E-state index in [1.54, 1.807) is 5.56 Å². The van der Waals surface area contributed by atoms with E-state index in [0.717, 1.165) is 24.7 Å². The molecule has 0 aliphatic heterocycles. The van der Waals surface area contributed by atoms with Gasteiger partial charge in [0.25, 0.3) is 0 Å². The Morgan fingerprint density at radius 1 is 0.846 bits per heavy atom. The van der Waals surface area contributed by atoms with E-state index < -0.39 is 0 Å². The standard InChI is InChI=1S/C26H34/c1-3-5-6-8-22-11-15-24(16-12-22)26-19-17-25(18-20-26)23-13-9-21(7-4-2)10-14-23/h3,5,11-12,15-21,23H,4,6-10,13-14H2,1-2H3/b5-3+/t21-,23-. The Hall–Kier alpha value is -1.82. The third-order valence-corrected chi connectivity index (χ3v) is 6.05. The van der Waals surface area contributed by atoms with E-state index in [1.807, 2.05) is 0 Å². The van der Waals surface area contributed by atoms with Crippen molar-refractivity contribution in [3.63, 3.8) is 0 Å². The van der Waals surface area contributed by atoms with Gasteiger partial charge in [0, 0.05) is 0 Å². The average molecular weight is 347 g/mol. The van der Waals surface area contributed by atoms with Crippen molar-refractivity contribution in [2.75, 3.05) is 0 Å². The minimum absolute atomic E-state index is 0.783. The summed E-state index contributed by atoms with van der Waals surface area (Å²) in [6.45, 7) is 4.41. The molecule has 3 rings (SSSR count). The first-order valence-corrected chi connectivity index (χ1v) is 10.6. The van der Waals surface area contributed by atoms with Crippen molar-refractivity contribution in [1.82, 2.24) is 0 Å². The maximum absolute atomic E-state index is 2.38. The monoisotopic (exact) mass is 346 g/mol. The van der Waals surface area contributed by atoms with E-state index in [0.29, 0.717) is 0 Å². The lowest BCUT2D eigenvalue weighted by atomic mass is 9.77. The SMILES string of the molecule is C/C=C/CCc1ccc(-c2ccc([C@H]3CC[C@H](CCC)CC3)cc2)cc1. The molecule has 0 atom stereocenters. The molecular formula is C26H34. The summed E-state index contributed by atoms with van der Waals surface area (Å²) >= 11 is 0. The van der Waals surface area contributed by atoms with Crippen LogP contribution in [-0.2, 0) is 6.42 Å². The van der Waals surface area contributed by atoms with Gasteiger partial charge in [0.1, 0.15) is 0 Å². The quantitative estimate of drug-likeness (QED) is 0.446. The number of hydrogen-bond acceptors (Lipinski definition) is 0. The highest BCUT2D eigenvalue weighted by molar-refractivity contribution is 5.64. The van der Waals surface area contributed by atoms with E-state index in [1.165, 1.54) is 55.2 Å². The van der Waals surface area contributed by atoms with Gasteiger partial charge >= 0.3 is 0 Å². The second-order valence-electron chi connectivity index (χ2n) is 7.93. The van der Waals surface area contributed by atoms with Crippen LogP contribution in [0.4, 0.5) is 0 Å². The van der Waals surface area contributed by atoms with Gasteiger partial charge in [0.2, 0.25) is 0 Å². The van der Waals surface area contributed by atoms with E-state index >= 15 is 0 Å². The Balaban J connectivity index is 1.59. The summed E-state index contributed by atoms with van der Waals surface area (Å²) in [6, 6.07) is 18.5. The predicted octanol–water partition coefficient (Wildman–Crippen LogP) is 7.94. The Bertz CT molecular complexity index is 667. The maximum atomic E-state index is 2.38. The molecule has 0 bridgehead atoms. The molecule has 0 N–H and O–H groups in total. The smallest absolute Gasteiger partial charge is 0.0162 e. The summed E-state index contributed by atoms with van der Waals surface area (Å²) in [5.41, 5.74) is 5.64. The Morgan fingerprint density at radius 2 is 1.46 bits per heavy atom. The third-order valence-electron chi connectivity index (χ3n) is 6.05. The lowest BCUT2D eigenvalue weighted by Gasteiger charge is -2.28. The van der Waals surface area contributed by atoms with Crippen LogP contribution in [0.25, 0.3) is 11.1 Å². The van der Waals surface area contributed by atoms with Gasteiger partial charge in [-0.3, -0.25) is 0 Å². The number of aryl methyl sites for hydroxylation is 1. The second-order valence-corrected chi connectivity index (χ2v) is 7.93. The zero-order valence-electron chi connectivity index (χ0n) is 16.6. The molecule has 2 aromatic carbocycles. The van der Waals surface area contributed by atoms with Crippen LogP contribution in [0.1, 0.15) is 75.8 Å². The van der Waals surface area contributed by atoms with Crippen LogP contribution < -0.4 is 0 Å². The number of hydrogen-bond donors (Lipinski definition) is 0. The summed E-state index contributed by atoms with van der Waals surface area (Å²) in [5.74, 6) is 1.77. The molecule has 1 aliphatic rings. The van der Waals surface area contributed by atoms with E-state index in [2.05, 4.69) is 74.5 Å². The molecule has 0 amide bonds. The van der Waals surface area contributed by atoms with Gasteiger partial charge in [-0.05, 0) is 79.5 Å². The average Bonchev–Trinajstić information content (AvgIpc) is 2.70. The minimum atomic E-state index is 0.783. The van der Waals surface area contributed by atoms with Crippen LogP contribution in [0.2, 0.25) is 0 Å². The number of benzene rings is 2. The normalized spacial score (nSPS) is 20.5. The molecule has 0 saturated heterocycles. The molecule has 2 aromatic rings. The van der Waals surface area contributed by atoms with Crippen molar-refractivity contribution in [2.24, 2.45) is 5.92 Å². The summed E-state index contributed by atoms with van der Waals surface area (Å²) in [5, 5.41) is 0. The highest BCUT2D eigenvalue weighted by Crippen LogP contribution is 2.38. The Kier molecular flexibility index (Phi) is 7.12. The van der Waals surface area contributed by atoms with Gasteiger partial charge < -0.3 is 0 Å². The molecule has 0 radical (unpaired) electrons. The molecule has 26 heavy (non-hydrogen) atoms. The van der Waals surface area contributed by atoms with Gasteiger partial charge in [-0.25, -0.2) is 0 Å². The van der Waals surface area contributed by atoms with Gasteiger partial charge in [0.05, 0.1) is 0 Å². The van der Waals surface area contributed by atoms with Gasteiger partial charge in [-0.1, -0.05) is 80.4 Å². The molecule has 1 aliphatic carbocycles. The van der Waals surface area contributed by atoms with Gasteiger partial charge in [-0.15, -0.1) is 0 Å². The van der Waals surface area contributed by atoms with Crippen LogP contribution in [0.5, 0.6) is 0 Å². The van der Waals surface area contributed by atoms with Crippen LogP contribution >= 0.6 is 0 Å². The molecule has 0 heteroatoms. The Morgan fingerprint density at radius 3 is 2.04 bits per heavy atom. The van der Waals surface area contributed by atoms with Crippen LogP contribution in [0, 0.1) is 5.92 Å². The molecular weight excluding hydrogens is 312 g/mol. The maximum Gasteiger partial charge on any atom is -0.0162 e. The molecule has 0 spiro atoms. The zero-order valence-corrected chi connectivity index (χ0v) is 16.6. The summed E-state index contributed by atoms with van der Waals surface area (Å²) in [6.07, 6.45) is 15.0. The molecule has 138 valence electrons. The lowest BCUT2D eigenvalue weighted by Crippen LogP contribution is -2.13. The molecule has 0 unspecified atom stereocenters. The topological polar surface area (TPSA) is 0 Å². The van der Waals surface area contributed by atoms with E-state index in [-0.39, 0.29) is 0 Å². The molecule has 1 saturated carbocycles. The van der Waals surface area contributed by atoms with Crippen molar-refractivity contribution < 1.29 is 0 Å². The van der Waals surface area contributed by atoms with Crippen molar-refractivity contribution in [3.8, 4) is 11.1 Å². The largest absolute Gasteiger partial charge is 0.0917 e. The predicted molar refractivity (Wildman–Crippen MR) is 115 cm³/mol. The van der Waals surface area contributed by atoms with E-state index in [4.69, 9.17) is 0 Å². The fourth-order valence-corrected chi connectivity index (χ4v) is 4.42. The zero-order chi connectivity index (χ0) is 18.2. The van der Waals surface area contributed by atoms with Crippen molar-refractivity contribution >= 4 is 0 Å². The van der Waals surface area contributed by atoms with Gasteiger partial charge in [-0.2, -0.15) is 0 Å². The first-order chi connectivity index (χ1) is 12.8. The Labute approximate surface area is 160 Å².